The molecule has 0 N–H and O–H groups in total. The molecular formula is C23H23NO6S. The predicted octanol–water partition coefficient (Wildman–Crippen LogP) is 2.96. The summed E-state index contributed by atoms with van der Waals surface area (Å²) in [5.74, 6) is 2.31. The highest BCUT2D eigenvalue weighted by molar-refractivity contribution is 7.91. The molecular weight excluding hydrogens is 418 g/mol. The second-order valence-corrected chi connectivity index (χ2v) is 10.4. The molecule has 3 aliphatic rings. The first-order valence-electron chi connectivity index (χ1n) is 10.2. The van der Waals surface area contributed by atoms with Gasteiger partial charge in [0.25, 0.3) is 0 Å². The SMILES string of the molecule is COc1ccccc1/C=C1\Oc2c(cc3c(c2C)OCN(C2CCS(=O)(=O)C2)C3)C1=O. The van der Waals surface area contributed by atoms with Gasteiger partial charge in [0.2, 0.25) is 5.78 Å². The van der Waals surface area contributed by atoms with Gasteiger partial charge in [-0.05, 0) is 31.6 Å². The molecule has 1 unspecified atom stereocenters. The number of methoxy groups -OCH3 is 1. The summed E-state index contributed by atoms with van der Waals surface area (Å²) in [4.78, 5) is 15.1. The number of rotatable bonds is 3. The average Bonchev–Trinajstić information content (AvgIpc) is 3.28. The Bertz CT molecular complexity index is 1220. The van der Waals surface area contributed by atoms with Crippen molar-refractivity contribution in [3.63, 3.8) is 0 Å². The molecule has 8 heteroatoms. The number of para-hydroxylation sites is 1. The van der Waals surface area contributed by atoms with Gasteiger partial charge in [0.1, 0.15) is 24.0 Å². The van der Waals surface area contributed by atoms with E-state index in [2.05, 4.69) is 0 Å². The average molecular weight is 442 g/mol. The first-order valence-corrected chi connectivity index (χ1v) is 12.0. The zero-order chi connectivity index (χ0) is 21.8. The van der Waals surface area contributed by atoms with Crippen molar-refractivity contribution in [1.82, 2.24) is 4.90 Å². The van der Waals surface area contributed by atoms with E-state index in [0.717, 1.165) is 16.7 Å². The number of allylic oxidation sites excluding steroid dienone is 1. The van der Waals surface area contributed by atoms with Crippen LogP contribution >= 0.6 is 0 Å². The van der Waals surface area contributed by atoms with Crippen molar-refractivity contribution in [1.29, 1.82) is 0 Å². The molecule has 1 fully saturated rings. The highest BCUT2D eigenvalue weighted by Gasteiger charge is 2.37. The Kier molecular flexibility index (Phi) is 4.79. The van der Waals surface area contributed by atoms with E-state index in [1.165, 1.54) is 0 Å². The fraction of sp³-hybridized carbons (Fsp3) is 0.348. The molecule has 162 valence electrons. The number of hydrogen-bond donors (Lipinski definition) is 0. The lowest BCUT2D eigenvalue weighted by Gasteiger charge is -2.33. The van der Waals surface area contributed by atoms with E-state index in [-0.39, 0.29) is 29.1 Å². The third-order valence-corrected chi connectivity index (χ3v) is 7.87. The lowest BCUT2D eigenvalue weighted by molar-refractivity contribution is 0.0637. The van der Waals surface area contributed by atoms with Gasteiger partial charge in [-0.1, -0.05) is 18.2 Å². The molecule has 0 aromatic heterocycles. The maximum atomic E-state index is 13.1. The fourth-order valence-electron chi connectivity index (χ4n) is 4.49. The highest BCUT2D eigenvalue weighted by atomic mass is 32.2. The maximum Gasteiger partial charge on any atom is 0.231 e. The van der Waals surface area contributed by atoms with Crippen molar-refractivity contribution in [2.45, 2.75) is 25.9 Å². The molecule has 0 aliphatic carbocycles. The number of hydrogen-bond acceptors (Lipinski definition) is 7. The van der Waals surface area contributed by atoms with Crippen molar-refractivity contribution >= 4 is 21.7 Å². The van der Waals surface area contributed by atoms with E-state index in [4.69, 9.17) is 14.2 Å². The molecule has 1 saturated heterocycles. The molecule has 0 spiro atoms. The van der Waals surface area contributed by atoms with Crippen LogP contribution in [0.2, 0.25) is 0 Å². The van der Waals surface area contributed by atoms with Crippen molar-refractivity contribution in [2.75, 3.05) is 25.3 Å². The summed E-state index contributed by atoms with van der Waals surface area (Å²) in [7, 11) is -1.40. The van der Waals surface area contributed by atoms with Crippen LogP contribution in [0.1, 0.15) is 33.5 Å². The van der Waals surface area contributed by atoms with Gasteiger partial charge >= 0.3 is 0 Å². The zero-order valence-electron chi connectivity index (χ0n) is 17.4. The summed E-state index contributed by atoms with van der Waals surface area (Å²) in [5.41, 5.74) is 2.92. The monoisotopic (exact) mass is 441 g/mol. The van der Waals surface area contributed by atoms with Crippen LogP contribution in [0.25, 0.3) is 6.08 Å². The first kappa shape index (κ1) is 20.1. The van der Waals surface area contributed by atoms with Crippen LogP contribution in [0.3, 0.4) is 0 Å². The quantitative estimate of drug-likeness (QED) is 0.678. The number of fused-ring (bicyclic) bond motifs is 2. The second-order valence-electron chi connectivity index (χ2n) is 8.13. The van der Waals surface area contributed by atoms with Crippen LogP contribution in [0, 0.1) is 6.92 Å². The number of Topliss-reactive ketones (excluding diaryl/α,β-unsaturated/α-hetero) is 1. The van der Waals surface area contributed by atoms with Crippen LogP contribution in [0.15, 0.2) is 36.1 Å². The molecule has 3 aliphatic heterocycles. The number of nitrogens with zero attached hydrogens (tertiary/aromatic N) is 1. The standard InChI is InChI=1S/C23H23NO6S/c1-14-22-16(11-24(13-29-22)17-7-8-31(26,27)12-17)9-18-21(25)20(30-23(14)18)10-15-5-3-4-6-19(15)28-2/h3-6,9-10,17H,7-8,11-13H2,1-2H3/b20-10-. The molecule has 3 heterocycles. The van der Waals surface area contributed by atoms with Gasteiger partial charge < -0.3 is 14.2 Å². The van der Waals surface area contributed by atoms with Crippen molar-refractivity contribution in [3.8, 4) is 17.2 Å². The largest absolute Gasteiger partial charge is 0.496 e. The van der Waals surface area contributed by atoms with E-state index in [9.17, 15) is 13.2 Å². The van der Waals surface area contributed by atoms with Crippen molar-refractivity contribution < 1.29 is 27.4 Å². The summed E-state index contributed by atoms with van der Waals surface area (Å²) in [6.07, 6.45) is 2.30. The minimum atomic E-state index is -2.98. The van der Waals surface area contributed by atoms with Gasteiger partial charge in [-0.15, -0.1) is 0 Å². The van der Waals surface area contributed by atoms with Gasteiger partial charge in [-0.2, -0.15) is 0 Å². The molecule has 0 bridgehead atoms. The number of ether oxygens (including phenoxy) is 3. The zero-order valence-corrected chi connectivity index (χ0v) is 18.2. The number of sulfone groups is 1. The molecule has 31 heavy (non-hydrogen) atoms. The molecule has 1 atom stereocenters. The van der Waals surface area contributed by atoms with Gasteiger partial charge in [-0.3, -0.25) is 9.69 Å². The molecule has 2 aromatic carbocycles. The van der Waals surface area contributed by atoms with Crippen LogP contribution < -0.4 is 14.2 Å². The topological polar surface area (TPSA) is 82.1 Å². The fourth-order valence-corrected chi connectivity index (χ4v) is 6.25. The van der Waals surface area contributed by atoms with E-state index in [1.807, 2.05) is 42.2 Å². The molecule has 2 aromatic rings. The summed E-state index contributed by atoms with van der Waals surface area (Å²) in [6.45, 7) is 2.75. The van der Waals surface area contributed by atoms with Crippen LogP contribution in [0.4, 0.5) is 0 Å². The van der Waals surface area contributed by atoms with E-state index in [0.29, 0.717) is 42.5 Å². The summed E-state index contributed by atoms with van der Waals surface area (Å²) in [5, 5.41) is 0. The molecule has 0 radical (unpaired) electrons. The minimum Gasteiger partial charge on any atom is -0.496 e. The third kappa shape index (κ3) is 3.49. The molecule has 0 amide bonds. The second kappa shape index (κ2) is 7.39. The molecule has 7 nitrogen and oxygen atoms in total. The lowest BCUT2D eigenvalue weighted by Crippen LogP contribution is -2.41. The summed E-state index contributed by atoms with van der Waals surface area (Å²) < 4.78 is 41.1. The van der Waals surface area contributed by atoms with E-state index in [1.54, 1.807) is 13.2 Å². The van der Waals surface area contributed by atoms with Gasteiger partial charge in [0.05, 0.1) is 24.2 Å². The van der Waals surface area contributed by atoms with E-state index >= 15 is 0 Å². The highest BCUT2D eigenvalue weighted by Crippen LogP contribution is 2.44. The summed E-state index contributed by atoms with van der Waals surface area (Å²) >= 11 is 0. The molecule has 0 saturated carbocycles. The number of benzene rings is 2. The third-order valence-electron chi connectivity index (χ3n) is 6.11. The Morgan fingerprint density at radius 1 is 1.23 bits per heavy atom. The van der Waals surface area contributed by atoms with Crippen LogP contribution in [-0.4, -0.2) is 50.5 Å². The smallest absolute Gasteiger partial charge is 0.231 e. The van der Waals surface area contributed by atoms with E-state index < -0.39 is 9.84 Å². The van der Waals surface area contributed by atoms with Gasteiger partial charge in [-0.25, -0.2) is 8.42 Å². The van der Waals surface area contributed by atoms with Crippen LogP contribution in [-0.2, 0) is 16.4 Å². The Morgan fingerprint density at radius 2 is 2.03 bits per heavy atom. The Morgan fingerprint density at radius 3 is 2.77 bits per heavy atom. The lowest BCUT2D eigenvalue weighted by atomic mass is 9.99. The predicted molar refractivity (Wildman–Crippen MR) is 115 cm³/mol. The Hall–Kier alpha value is -2.84. The Balaban J connectivity index is 1.46. The number of carbonyl (C=O) groups excluding carboxylic acids is 1. The normalized spacial score (nSPS) is 23.2. The van der Waals surface area contributed by atoms with Gasteiger partial charge in [0.15, 0.2) is 15.6 Å². The van der Waals surface area contributed by atoms with Crippen molar-refractivity contribution in [3.05, 3.63) is 58.3 Å². The van der Waals surface area contributed by atoms with Crippen molar-refractivity contribution in [2.24, 2.45) is 0 Å². The maximum absolute atomic E-state index is 13.1. The minimum absolute atomic E-state index is 0.0559. The van der Waals surface area contributed by atoms with Gasteiger partial charge in [0, 0.05) is 29.3 Å². The Labute approximate surface area is 181 Å². The van der Waals surface area contributed by atoms with Crippen LogP contribution in [0.5, 0.6) is 17.2 Å². The first-order chi connectivity index (χ1) is 14.9. The molecule has 5 rings (SSSR count). The number of carbonyl (C=O) groups is 1. The summed E-state index contributed by atoms with van der Waals surface area (Å²) in [6, 6.07) is 9.19. The number of ketones is 1.